The molecule has 76 valence electrons. The summed E-state index contributed by atoms with van der Waals surface area (Å²) in [6.07, 6.45) is 0. The lowest BCUT2D eigenvalue weighted by atomic mass is 10.2. The van der Waals surface area contributed by atoms with E-state index < -0.39 is 4.92 Å². The molecule has 6 heteroatoms. The Labute approximate surface area is 94.3 Å². The lowest BCUT2D eigenvalue weighted by Crippen LogP contribution is -1.82. The Morgan fingerprint density at radius 2 is 2.00 bits per heavy atom. The van der Waals surface area contributed by atoms with Crippen LogP contribution in [0.15, 0.2) is 30.3 Å². The van der Waals surface area contributed by atoms with Crippen LogP contribution in [0.3, 0.4) is 0 Å². The summed E-state index contributed by atoms with van der Waals surface area (Å²) in [5.41, 5.74) is 0.831. The second kappa shape index (κ2) is 3.96. The predicted molar refractivity (Wildman–Crippen MR) is 59.2 cm³/mol. The molecule has 0 aliphatic heterocycles. The van der Waals surface area contributed by atoms with E-state index in [1.807, 2.05) is 30.3 Å². The van der Waals surface area contributed by atoms with E-state index in [0.29, 0.717) is 5.01 Å². The molecule has 0 amide bonds. The molecule has 0 radical (unpaired) electrons. The van der Waals surface area contributed by atoms with Gasteiger partial charge in [-0.05, 0) is 11.3 Å². The van der Waals surface area contributed by atoms with Gasteiger partial charge in [-0.15, -0.1) is 0 Å². The third-order valence-electron chi connectivity index (χ3n) is 1.76. The van der Waals surface area contributed by atoms with Crippen molar-refractivity contribution in [2.24, 2.45) is 0 Å². The second-order valence-electron chi connectivity index (χ2n) is 2.74. The van der Waals surface area contributed by atoms with Crippen molar-refractivity contribution >= 4 is 27.9 Å². The molecule has 0 N–H and O–H groups in total. The number of thiazole rings is 1. The monoisotopic (exact) mass is 240 g/mol. The number of benzene rings is 1. The minimum absolute atomic E-state index is 0.0520. The molecule has 0 aliphatic rings. The average Bonchev–Trinajstić information content (AvgIpc) is 2.62. The first-order chi connectivity index (χ1) is 7.18. The summed E-state index contributed by atoms with van der Waals surface area (Å²) in [6.45, 7) is 0. The van der Waals surface area contributed by atoms with Crippen molar-refractivity contribution in [3.63, 3.8) is 0 Å². The third kappa shape index (κ3) is 1.98. The van der Waals surface area contributed by atoms with E-state index in [1.54, 1.807) is 0 Å². The first kappa shape index (κ1) is 10.1. The fraction of sp³-hybridized carbons (Fsp3) is 0. The largest absolute Gasteiger partial charge is 0.363 e. The number of halogens is 1. The van der Waals surface area contributed by atoms with Gasteiger partial charge < -0.3 is 0 Å². The Bertz CT molecular complexity index is 498. The Morgan fingerprint density at radius 3 is 2.53 bits per heavy atom. The summed E-state index contributed by atoms with van der Waals surface area (Å²) in [7, 11) is 0. The maximum absolute atomic E-state index is 10.6. The Morgan fingerprint density at radius 1 is 1.33 bits per heavy atom. The van der Waals surface area contributed by atoms with Crippen LogP contribution in [0.4, 0.5) is 5.00 Å². The van der Waals surface area contributed by atoms with Crippen molar-refractivity contribution in [1.82, 2.24) is 4.98 Å². The Balaban J connectivity index is 2.48. The first-order valence-corrected chi connectivity index (χ1v) is 5.24. The van der Waals surface area contributed by atoms with E-state index in [4.69, 9.17) is 11.6 Å². The zero-order valence-corrected chi connectivity index (χ0v) is 8.96. The van der Waals surface area contributed by atoms with Crippen LogP contribution in [-0.4, -0.2) is 9.91 Å². The van der Waals surface area contributed by atoms with Gasteiger partial charge in [-0.25, -0.2) is 4.98 Å². The number of nitro groups is 1. The van der Waals surface area contributed by atoms with Gasteiger partial charge in [0.2, 0.25) is 5.15 Å². The second-order valence-corrected chi connectivity index (χ2v) is 4.07. The summed E-state index contributed by atoms with van der Waals surface area (Å²) in [5.74, 6) is 0. The zero-order valence-electron chi connectivity index (χ0n) is 7.38. The number of hydrogen-bond donors (Lipinski definition) is 0. The zero-order chi connectivity index (χ0) is 10.8. The van der Waals surface area contributed by atoms with Gasteiger partial charge in [-0.2, -0.15) is 0 Å². The summed E-state index contributed by atoms with van der Waals surface area (Å²) in [4.78, 5) is 14.0. The van der Waals surface area contributed by atoms with Gasteiger partial charge in [0.05, 0.1) is 4.92 Å². The van der Waals surface area contributed by atoms with Gasteiger partial charge in [0.25, 0.3) is 0 Å². The normalized spacial score (nSPS) is 10.2. The molecule has 0 saturated carbocycles. The molecule has 2 rings (SSSR count). The SMILES string of the molecule is O=[N+]([O-])c1sc(-c2ccccc2)nc1Cl. The van der Waals surface area contributed by atoms with Gasteiger partial charge in [-0.1, -0.05) is 41.9 Å². The molecule has 1 aromatic heterocycles. The van der Waals surface area contributed by atoms with Crippen LogP contribution in [0.2, 0.25) is 5.15 Å². The van der Waals surface area contributed by atoms with Crippen molar-refractivity contribution in [2.45, 2.75) is 0 Å². The van der Waals surface area contributed by atoms with Gasteiger partial charge in [-0.3, -0.25) is 10.1 Å². The molecule has 0 aliphatic carbocycles. The summed E-state index contributed by atoms with van der Waals surface area (Å²) >= 11 is 6.63. The van der Waals surface area contributed by atoms with Crippen LogP contribution < -0.4 is 0 Å². The number of hydrogen-bond acceptors (Lipinski definition) is 4. The Hall–Kier alpha value is -1.46. The molecule has 0 saturated heterocycles. The fourth-order valence-corrected chi connectivity index (χ4v) is 2.21. The molecule has 1 aromatic carbocycles. The van der Waals surface area contributed by atoms with Gasteiger partial charge in [0.15, 0.2) is 0 Å². The minimum Gasteiger partial charge on any atom is -0.257 e. The van der Waals surface area contributed by atoms with Crippen LogP contribution in [-0.2, 0) is 0 Å². The van der Waals surface area contributed by atoms with E-state index in [9.17, 15) is 10.1 Å². The van der Waals surface area contributed by atoms with Gasteiger partial charge in [0, 0.05) is 5.56 Å². The highest BCUT2D eigenvalue weighted by molar-refractivity contribution is 7.18. The Kier molecular flexibility index (Phi) is 2.66. The molecule has 2 aromatic rings. The highest BCUT2D eigenvalue weighted by Gasteiger charge is 2.19. The number of nitrogens with zero attached hydrogens (tertiary/aromatic N) is 2. The molecular formula is C9H5ClN2O2S. The highest BCUT2D eigenvalue weighted by atomic mass is 35.5. The van der Waals surface area contributed by atoms with E-state index in [-0.39, 0.29) is 10.2 Å². The van der Waals surface area contributed by atoms with E-state index >= 15 is 0 Å². The van der Waals surface area contributed by atoms with E-state index in [2.05, 4.69) is 4.98 Å². The average molecular weight is 241 g/mol. The first-order valence-electron chi connectivity index (χ1n) is 4.04. The molecule has 0 unspecified atom stereocenters. The quantitative estimate of drug-likeness (QED) is 0.597. The lowest BCUT2D eigenvalue weighted by Gasteiger charge is -1.91. The summed E-state index contributed by atoms with van der Waals surface area (Å²) in [5, 5.41) is 11.0. The van der Waals surface area contributed by atoms with Crippen molar-refractivity contribution in [3.05, 3.63) is 45.6 Å². The molecule has 0 spiro atoms. The lowest BCUT2D eigenvalue weighted by molar-refractivity contribution is -0.380. The number of aromatic nitrogens is 1. The van der Waals surface area contributed by atoms with Crippen LogP contribution in [0.25, 0.3) is 10.6 Å². The van der Waals surface area contributed by atoms with Gasteiger partial charge in [0.1, 0.15) is 5.01 Å². The predicted octanol–water partition coefficient (Wildman–Crippen LogP) is 3.37. The topological polar surface area (TPSA) is 56.0 Å². The number of rotatable bonds is 2. The smallest absolute Gasteiger partial charge is 0.257 e. The van der Waals surface area contributed by atoms with Crippen LogP contribution in [0.5, 0.6) is 0 Å². The molecular weight excluding hydrogens is 236 g/mol. The van der Waals surface area contributed by atoms with E-state index in [0.717, 1.165) is 16.9 Å². The van der Waals surface area contributed by atoms with Crippen LogP contribution in [0.1, 0.15) is 0 Å². The van der Waals surface area contributed by atoms with Crippen molar-refractivity contribution in [2.75, 3.05) is 0 Å². The molecule has 4 nitrogen and oxygen atoms in total. The van der Waals surface area contributed by atoms with Crippen LogP contribution in [0, 0.1) is 10.1 Å². The molecule has 1 heterocycles. The van der Waals surface area contributed by atoms with Crippen molar-refractivity contribution < 1.29 is 4.92 Å². The summed E-state index contributed by atoms with van der Waals surface area (Å²) in [6, 6.07) is 9.22. The third-order valence-corrected chi connectivity index (χ3v) is 3.19. The van der Waals surface area contributed by atoms with Crippen molar-refractivity contribution in [1.29, 1.82) is 0 Å². The summed E-state index contributed by atoms with van der Waals surface area (Å²) < 4.78 is 0. The van der Waals surface area contributed by atoms with Crippen LogP contribution >= 0.6 is 22.9 Å². The standard InChI is InChI=1S/C9H5ClN2O2S/c10-7-9(12(13)14)15-8(11-7)6-4-2-1-3-5-6/h1-5H. The maximum atomic E-state index is 10.6. The molecule has 0 fully saturated rings. The van der Waals surface area contributed by atoms with E-state index in [1.165, 1.54) is 0 Å². The molecule has 0 bridgehead atoms. The maximum Gasteiger partial charge on any atom is 0.363 e. The highest BCUT2D eigenvalue weighted by Crippen LogP contribution is 2.36. The van der Waals surface area contributed by atoms with Crippen molar-refractivity contribution in [3.8, 4) is 10.6 Å². The molecule has 15 heavy (non-hydrogen) atoms. The fourth-order valence-electron chi connectivity index (χ4n) is 1.11. The van der Waals surface area contributed by atoms with Gasteiger partial charge >= 0.3 is 5.00 Å². The molecule has 0 atom stereocenters. The minimum atomic E-state index is -0.521.